The van der Waals surface area contributed by atoms with Crippen molar-refractivity contribution in [2.24, 2.45) is 0 Å². The van der Waals surface area contributed by atoms with Crippen molar-refractivity contribution in [3.05, 3.63) is 60.7 Å². The molecule has 1 unspecified atom stereocenters. The summed E-state index contributed by atoms with van der Waals surface area (Å²) in [5.41, 5.74) is -1.27. The highest BCUT2D eigenvalue weighted by atomic mass is 31.2. The lowest BCUT2D eigenvalue weighted by Crippen LogP contribution is -2.32. The van der Waals surface area contributed by atoms with Crippen molar-refractivity contribution in [3.8, 4) is 0 Å². The minimum absolute atomic E-state index is 0.189. The van der Waals surface area contributed by atoms with Gasteiger partial charge in [-0.15, -0.1) is 0 Å². The van der Waals surface area contributed by atoms with Crippen LogP contribution in [0.15, 0.2) is 60.7 Å². The Balaban J connectivity index is 2.59. The summed E-state index contributed by atoms with van der Waals surface area (Å²) in [4.78, 5) is 22.6. The van der Waals surface area contributed by atoms with Crippen LogP contribution in [-0.4, -0.2) is 27.8 Å². The van der Waals surface area contributed by atoms with Gasteiger partial charge in [0, 0.05) is 17.0 Å². The van der Waals surface area contributed by atoms with Crippen LogP contribution in [0.3, 0.4) is 0 Å². The minimum atomic E-state index is -3.51. The number of hydrogen-bond acceptors (Lipinski definition) is 3. The van der Waals surface area contributed by atoms with Gasteiger partial charge in [0.2, 0.25) is 0 Å². The van der Waals surface area contributed by atoms with E-state index in [0.29, 0.717) is 10.6 Å². The summed E-state index contributed by atoms with van der Waals surface area (Å²) in [6.45, 7) is 0. The van der Waals surface area contributed by atoms with Crippen LogP contribution in [0.2, 0.25) is 0 Å². The maximum absolute atomic E-state index is 13.8. The maximum Gasteiger partial charge on any atom is 0.314 e. The van der Waals surface area contributed by atoms with E-state index in [0.717, 1.165) is 0 Å². The predicted octanol–water partition coefficient (Wildman–Crippen LogP) is 2.32. The summed E-state index contributed by atoms with van der Waals surface area (Å²) in [7, 11) is -3.51. The molecule has 6 heteroatoms. The third kappa shape index (κ3) is 3.69. The van der Waals surface area contributed by atoms with E-state index >= 15 is 0 Å². The first-order chi connectivity index (χ1) is 11.0. The Kier molecular flexibility index (Phi) is 5.35. The number of carboxylic acids is 2. The zero-order chi connectivity index (χ0) is 16.9. The second kappa shape index (κ2) is 7.25. The third-order valence-corrected chi connectivity index (χ3v) is 7.12. The molecular formula is C17H17O5P. The molecule has 23 heavy (non-hydrogen) atoms. The number of rotatable bonds is 7. The molecule has 2 rings (SSSR count). The van der Waals surface area contributed by atoms with Gasteiger partial charge in [-0.1, -0.05) is 60.7 Å². The maximum atomic E-state index is 13.8. The molecule has 0 radical (unpaired) electrons. The topological polar surface area (TPSA) is 91.7 Å². The summed E-state index contributed by atoms with van der Waals surface area (Å²) in [6, 6.07) is 16.8. The molecule has 0 heterocycles. The number of aliphatic carboxylic acids is 2. The predicted molar refractivity (Wildman–Crippen MR) is 88.1 cm³/mol. The van der Waals surface area contributed by atoms with Crippen molar-refractivity contribution in [1.29, 1.82) is 0 Å². The van der Waals surface area contributed by atoms with E-state index in [2.05, 4.69) is 0 Å². The second-order valence-corrected chi connectivity index (χ2v) is 8.09. The first kappa shape index (κ1) is 17.0. The van der Waals surface area contributed by atoms with Crippen LogP contribution in [0.1, 0.15) is 12.8 Å². The Hall–Kier alpha value is -2.39. The Morgan fingerprint density at radius 3 is 1.65 bits per heavy atom. The molecule has 0 amide bonds. The van der Waals surface area contributed by atoms with E-state index in [-0.39, 0.29) is 12.8 Å². The average molecular weight is 332 g/mol. The average Bonchev–Trinajstić information content (AvgIpc) is 2.55. The molecular weight excluding hydrogens is 315 g/mol. The van der Waals surface area contributed by atoms with Crippen LogP contribution in [0, 0.1) is 0 Å². The van der Waals surface area contributed by atoms with Gasteiger partial charge in [0.05, 0.1) is 0 Å². The quantitative estimate of drug-likeness (QED) is 0.759. The van der Waals surface area contributed by atoms with Crippen molar-refractivity contribution < 1.29 is 24.4 Å². The van der Waals surface area contributed by atoms with E-state index in [9.17, 15) is 19.3 Å². The molecule has 0 fully saturated rings. The number of benzene rings is 2. The first-order valence-electron chi connectivity index (χ1n) is 7.12. The van der Waals surface area contributed by atoms with Gasteiger partial charge < -0.3 is 14.8 Å². The normalized spacial score (nSPS) is 12.5. The van der Waals surface area contributed by atoms with Gasteiger partial charge in [0.15, 0.2) is 7.14 Å². The summed E-state index contributed by atoms with van der Waals surface area (Å²) in [5, 5.41) is 19.3. The molecule has 120 valence electrons. The molecule has 1 atom stereocenters. The van der Waals surface area contributed by atoms with Gasteiger partial charge >= 0.3 is 11.9 Å². The molecule has 2 aromatic rings. The van der Waals surface area contributed by atoms with Gasteiger partial charge in [0.25, 0.3) is 0 Å². The van der Waals surface area contributed by atoms with Gasteiger partial charge in [-0.25, -0.2) is 0 Å². The fourth-order valence-electron chi connectivity index (χ4n) is 2.53. The monoisotopic (exact) mass is 332 g/mol. The molecule has 0 spiro atoms. The van der Waals surface area contributed by atoms with Crippen LogP contribution in [0.5, 0.6) is 0 Å². The molecule has 0 aliphatic heterocycles. The summed E-state index contributed by atoms with van der Waals surface area (Å²) < 4.78 is 13.8. The molecule has 2 N–H and O–H groups in total. The van der Waals surface area contributed by atoms with E-state index < -0.39 is 24.7 Å². The molecule has 0 bridgehead atoms. The second-order valence-electron chi connectivity index (χ2n) is 5.12. The Morgan fingerprint density at radius 1 is 0.870 bits per heavy atom. The van der Waals surface area contributed by atoms with Crippen molar-refractivity contribution >= 4 is 29.7 Å². The first-order valence-corrected chi connectivity index (χ1v) is 8.89. The molecule has 2 aromatic carbocycles. The Labute approximate surface area is 134 Å². The van der Waals surface area contributed by atoms with Gasteiger partial charge in [-0.05, 0) is 6.42 Å². The highest BCUT2D eigenvalue weighted by Gasteiger charge is 2.41. The molecule has 0 aliphatic carbocycles. The molecule has 5 nitrogen and oxygen atoms in total. The third-order valence-electron chi connectivity index (χ3n) is 3.64. The van der Waals surface area contributed by atoms with Crippen molar-refractivity contribution in [2.45, 2.75) is 18.5 Å². The van der Waals surface area contributed by atoms with Crippen LogP contribution >= 0.6 is 7.14 Å². The Morgan fingerprint density at radius 2 is 1.30 bits per heavy atom. The largest absolute Gasteiger partial charge is 0.481 e. The van der Waals surface area contributed by atoms with Crippen LogP contribution in [-0.2, 0) is 14.2 Å². The van der Waals surface area contributed by atoms with E-state index in [1.807, 2.05) is 0 Å². The lowest BCUT2D eigenvalue weighted by molar-refractivity contribution is -0.138. The standard InChI is InChI=1S/C17H17O5P/c18-16(19)12-11-15(17(20)21)23(22,13-7-3-1-4-8-13)14-9-5-2-6-10-14/h1-10,15H,11-12H2,(H,18,19)(H,20,21). The molecule has 0 saturated heterocycles. The summed E-state index contributed by atoms with van der Waals surface area (Å²) in [5.74, 6) is -2.36. The van der Waals surface area contributed by atoms with Crippen molar-refractivity contribution in [3.63, 3.8) is 0 Å². The summed E-state index contributed by atoms with van der Waals surface area (Å²) in [6.07, 6.45) is -0.535. The fraction of sp³-hybridized carbons (Fsp3) is 0.176. The fourth-order valence-corrected chi connectivity index (χ4v) is 5.58. The number of carbonyl (C=O) groups is 2. The van der Waals surface area contributed by atoms with Crippen LogP contribution in [0.25, 0.3) is 0 Å². The zero-order valence-corrected chi connectivity index (χ0v) is 13.2. The van der Waals surface area contributed by atoms with E-state index in [1.165, 1.54) is 0 Å². The number of carboxylic acid groups (broad SMARTS) is 2. The van der Waals surface area contributed by atoms with Gasteiger partial charge in [-0.2, -0.15) is 0 Å². The van der Waals surface area contributed by atoms with Crippen molar-refractivity contribution in [1.82, 2.24) is 0 Å². The number of hydrogen-bond donors (Lipinski definition) is 2. The smallest absolute Gasteiger partial charge is 0.314 e. The van der Waals surface area contributed by atoms with Crippen LogP contribution < -0.4 is 10.6 Å². The zero-order valence-electron chi connectivity index (χ0n) is 12.3. The summed E-state index contributed by atoms with van der Waals surface area (Å²) >= 11 is 0. The molecule has 0 aromatic heterocycles. The molecule has 0 aliphatic rings. The van der Waals surface area contributed by atoms with Gasteiger partial charge in [0.1, 0.15) is 5.66 Å². The van der Waals surface area contributed by atoms with Crippen molar-refractivity contribution in [2.75, 3.05) is 0 Å². The van der Waals surface area contributed by atoms with E-state index in [4.69, 9.17) is 5.11 Å². The highest BCUT2D eigenvalue weighted by Crippen LogP contribution is 2.50. The SMILES string of the molecule is O=C(O)CCC(C(=O)O)P(=O)(c1ccccc1)c1ccccc1. The lowest BCUT2D eigenvalue weighted by atomic mass is 10.2. The van der Waals surface area contributed by atoms with Crippen LogP contribution in [0.4, 0.5) is 0 Å². The van der Waals surface area contributed by atoms with Gasteiger partial charge in [-0.3, -0.25) is 9.59 Å². The lowest BCUT2D eigenvalue weighted by Gasteiger charge is -2.25. The molecule has 0 saturated carbocycles. The highest BCUT2D eigenvalue weighted by molar-refractivity contribution is 7.80. The Bertz CT molecular complexity index is 684. The van der Waals surface area contributed by atoms with E-state index in [1.54, 1.807) is 60.7 Å². The minimum Gasteiger partial charge on any atom is -0.481 e.